The first-order valence-electron chi connectivity index (χ1n) is 5.71. The Kier molecular flexibility index (Phi) is 2.63. The molecule has 3 rings (SSSR count). The van der Waals surface area contributed by atoms with Crippen LogP contribution in [0.25, 0.3) is 16.9 Å². The smallest absolute Gasteiger partial charge is 0.304 e. The number of allylic oxidation sites excluding steroid dienone is 2. The van der Waals surface area contributed by atoms with E-state index in [9.17, 15) is 4.79 Å². The molecule has 1 N–H and O–H groups in total. The van der Waals surface area contributed by atoms with Crippen LogP contribution >= 0.6 is 15.9 Å². The summed E-state index contributed by atoms with van der Waals surface area (Å²) in [6.07, 6.45) is 8.20. The summed E-state index contributed by atoms with van der Waals surface area (Å²) in [7, 11) is 0. The Hall–Kier alpha value is -1.36. The molecule has 1 aliphatic carbocycles. The Morgan fingerprint density at radius 2 is 2.29 bits per heavy atom. The van der Waals surface area contributed by atoms with Crippen LogP contribution in [0.1, 0.15) is 25.7 Å². The van der Waals surface area contributed by atoms with Gasteiger partial charge in [-0.15, -0.1) is 0 Å². The Morgan fingerprint density at radius 3 is 3.06 bits per heavy atom. The molecule has 0 bridgehead atoms. The molecule has 0 unspecified atom stereocenters. The number of nitrogens with one attached hydrogen (secondary N) is 1. The minimum absolute atomic E-state index is 0.0984. The van der Waals surface area contributed by atoms with Crippen molar-refractivity contribution >= 4 is 32.8 Å². The van der Waals surface area contributed by atoms with Crippen LogP contribution in [-0.4, -0.2) is 14.5 Å². The van der Waals surface area contributed by atoms with E-state index in [-0.39, 0.29) is 5.69 Å². The van der Waals surface area contributed by atoms with E-state index in [4.69, 9.17) is 0 Å². The van der Waals surface area contributed by atoms with Gasteiger partial charge in [0.2, 0.25) is 0 Å². The molecule has 0 fully saturated rings. The molecular formula is C12H12BrN3O. The second kappa shape index (κ2) is 4.14. The predicted octanol–water partition coefficient (Wildman–Crippen LogP) is 2.90. The molecule has 2 aromatic rings. The van der Waals surface area contributed by atoms with Gasteiger partial charge in [-0.2, -0.15) is 0 Å². The molecule has 1 aliphatic rings. The Balaban J connectivity index is 2.25. The SMILES string of the molecule is O=c1[nH]c2cc(Br)cnc2n1C1=CCCCC1. The molecule has 2 heterocycles. The van der Waals surface area contributed by atoms with Crippen molar-refractivity contribution in [3.05, 3.63) is 33.3 Å². The standard InChI is InChI=1S/C12H12BrN3O/c13-8-6-10-11(14-7-8)16(12(17)15-10)9-4-2-1-3-5-9/h4,6-7H,1-3,5H2,(H,15,17). The Bertz CT molecular complexity index is 653. The van der Waals surface area contributed by atoms with Gasteiger partial charge in [-0.05, 0) is 47.7 Å². The highest BCUT2D eigenvalue weighted by Gasteiger charge is 2.13. The van der Waals surface area contributed by atoms with E-state index in [1.807, 2.05) is 6.07 Å². The number of aromatic amines is 1. The molecule has 5 heteroatoms. The van der Waals surface area contributed by atoms with Gasteiger partial charge in [-0.3, -0.25) is 0 Å². The van der Waals surface area contributed by atoms with Gasteiger partial charge in [0.05, 0.1) is 5.52 Å². The van der Waals surface area contributed by atoms with Gasteiger partial charge in [-0.1, -0.05) is 6.08 Å². The van der Waals surface area contributed by atoms with Crippen molar-refractivity contribution in [2.75, 3.05) is 0 Å². The number of hydrogen-bond donors (Lipinski definition) is 1. The number of halogens is 1. The number of rotatable bonds is 1. The van der Waals surface area contributed by atoms with E-state index >= 15 is 0 Å². The van der Waals surface area contributed by atoms with Crippen molar-refractivity contribution in [3.8, 4) is 0 Å². The fourth-order valence-corrected chi connectivity index (χ4v) is 2.59. The van der Waals surface area contributed by atoms with Crippen LogP contribution in [-0.2, 0) is 0 Å². The molecule has 88 valence electrons. The molecule has 0 radical (unpaired) electrons. The van der Waals surface area contributed by atoms with Crippen molar-refractivity contribution < 1.29 is 0 Å². The lowest BCUT2D eigenvalue weighted by atomic mass is 10.0. The second-order valence-corrected chi connectivity index (χ2v) is 5.15. The summed E-state index contributed by atoms with van der Waals surface area (Å²) in [5.41, 5.74) is 2.46. The van der Waals surface area contributed by atoms with Gasteiger partial charge in [-0.25, -0.2) is 14.3 Å². The van der Waals surface area contributed by atoms with Crippen molar-refractivity contribution in [3.63, 3.8) is 0 Å². The molecule has 0 aliphatic heterocycles. The van der Waals surface area contributed by atoms with Gasteiger partial charge < -0.3 is 4.98 Å². The van der Waals surface area contributed by atoms with Crippen LogP contribution in [0.5, 0.6) is 0 Å². The quantitative estimate of drug-likeness (QED) is 0.879. The van der Waals surface area contributed by atoms with Crippen molar-refractivity contribution in [2.24, 2.45) is 0 Å². The van der Waals surface area contributed by atoms with E-state index in [1.165, 1.54) is 6.42 Å². The molecule has 0 amide bonds. The van der Waals surface area contributed by atoms with E-state index in [0.717, 1.165) is 34.9 Å². The molecule has 0 spiro atoms. The highest BCUT2D eigenvalue weighted by Crippen LogP contribution is 2.23. The number of fused-ring (bicyclic) bond motifs is 1. The minimum atomic E-state index is -0.0984. The zero-order chi connectivity index (χ0) is 11.8. The van der Waals surface area contributed by atoms with Crippen LogP contribution in [0.15, 0.2) is 27.6 Å². The summed E-state index contributed by atoms with van der Waals surface area (Å²) in [6.45, 7) is 0. The van der Waals surface area contributed by atoms with Crippen molar-refractivity contribution in [1.82, 2.24) is 14.5 Å². The molecule has 0 saturated heterocycles. The summed E-state index contributed by atoms with van der Waals surface area (Å²) in [5.74, 6) is 0. The Labute approximate surface area is 106 Å². The minimum Gasteiger partial charge on any atom is -0.304 e. The first-order valence-corrected chi connectivity index (χ1v) is 6.51. The number of nitrogens with zero attached hydrogens (tertiary/aromatic N) is 2. The van der Waals surface area contributed by atoms with Crippen LogP contribution in [0, 0.1) is 0 Å². The molecule has 0 atom stereocenters. The second-order valence-electron chi connectivity index (χ2n) is 4.23. The van der Waals surface area contributed by atoms with Crippen LogP contribution in [0.3, 0.4) is 0 Å². The normalized spacial score (nSPS) is 16.2. The molecule has 2 aromatic heterocycles. The first-order chi connectivity index (χ1) is 8.25. The number of pyridine rings is 1. The first kappa shape index (κ1) is 10.8. The number of aromatic nitrogens is 3. The van der Waals surface area contributed by atoms with Gasteiger partial charge in [0.15, 0.2) is 5.65 Å². The number of imidazole rings is 1. The van der Waals surface area contributed by atoms with Crippen LogP contribution in [0.2, 0.25) is 0 Å². The van der Waals surface area contributed by atoms with Crippen LogP contribution in [0.4, 0.5) is 0 Å². The lowest BCUT2D eigenvalue weighted by Gasteiger charge is -2.12. The predicted molar refractivity (Wildman–Crippen MR) is 70.8 cm³/mol. The highest BCUT2D eigenvalue weighted by molar-refractivity contribution is 9.10. The van der Waals surface area contributed by atoms with E-state index in [1.54, 1.807) is 10.8 Å². The summed E-state index contributed by atoms with van der Waals surface area (Å²) in [4.78, 5) is 19.1. The maximum atomic E-state index is 12.0. The average molecular weight is 294 g/mol. The van der Waals surface area contributed by atoms with E-state index < -0.39 is 0 Å². The molecule has 4 nitrogen and oxygen atoms in total. The topological polar surface area (TPSA) is 50.7 Å². The summed E-state index contributed by atoms with van der Waals surface area (Å²) >= 11 is 3.35. The molecular weight excluding hydrogens is 282 g/mol. The number of H-pyrrole nitrogens is 1. The highest BCUT2D eigenvalue weighted by atomic mass is 79.9. The third-order valence-corrected chi connectivity index (χ3v) is 3.48. The van der Waals surface area contributed by atoms with Crippen LogP contribution < -0.4 is 5.69 Å². The lowest BCUT2D eigenvalue weighted by Crippen LogP contribution is -2.17. The Morgan fingerprint density at radius 1 is 1.41 bits per heavy atom. The maximum absolute atomic E-state index is 12.0. The van der Waals surface area contributed by atoms with E-state index in [0.29, 0.717) is 5.65 Å². The third kappa shape index (κ3) is 1.84. The zero-order valence-corrected chi connectivity index (χ0v) is 10.8. The fraction of sp³-hybridized carbons (Fsp3) is 0.333. The van der Waals surface area contributed by atoms with Crippen molar-refractivity contribution in [2.45, 2.75) is 25.7 Å². The maximum Gasteiger partial charge on any atom is 0.332 e. The summed E-state index contributed by atoms with van der Waals surface area (Å²) in [5, 5.41) is 0. The van der Waals surface area contributed by atoms with Gasteiger partial charge in [0.1, 0.15) is 0 Å². The molecule has 17 heavy (non-hydrogen) atoms. The molecule has 0 saturated carbocycles. The summed E-state index contributed by atoms with van der Waals surface area (Å²) in [6, 6.07) is 1.88. The average Bonchev–Trinajstić information content (AvgIpc) is 2.65. The van der Waals surface area contributed by atoms with Gasteiger partial charge in [0.25, 0.3) is 0 Å². The fourth-order valence-electron chi connectivity index (χ4n) is 2.26. The van der Waals surface area contributed by atoms with Crippen molar-refractivity contribution in [1.29, 1.82) is 0 Å². The van der Waals surface area contributed by atoms with Gasteiger partial charge in [0, 0.05) is 16.4 Å². The molecule has 0 aromatic carbocycles. The monoisotopic (exact) mass is 293 g/mol. The summed E-state index contributed by atoms with van der Waals surface area (Å²) < 4.78 is 2.57. The lowest BCUT2D eigenvalue weighted by molar-refractivity contribution is 0.715. The van der Waals surface area contributed by atoms with E-state index in [2.05, 4.69) is 32.0 Å². The number of hydrogen-bond acceptors (Lipinski definition) is 2. The van der Waals surface area contributed by atoms with Gasteiger partial charge >= 0.3 is 5.69 Å². The largest absolute Gasteiger partial charge is 0.332 e. The third-order valence-electron chi connectivity index (χ3n) is 3.04. The zero-order valence-electron chi connectivity index (χ0n) is 9.24.